The van der Waals surface area contributed by atoms with Gasteiger partial charge in [0.2, 0.25) is 5.91 Å². The molecule has 2 fully saturated rings. The van der Waals surface area contributed by atoms with E-state index in [9.17, 15) is 4.79 Å². The molecule has 1 aliphatic heterocycles. The van der Waals surface area contributed by atoms with E-state index >= 15 is 0 Å². The smallest absolute Gasteiger partial charge is 0.224 e. The number of piperidine rings is 1. The quantitative estimate of drug-likeness (QED) is 0.848. The van der Waals surface area contributed by atoms with Crippen molar-refractivity contribution < 1.29 is 4.79 Å². The molecule has 0 aromatic heterocycles. The lowest BCUT2D eigenvalue weighted by atomic mass is 9.68. The van der Waals surface area contributed by atoms with Crippen LogP contribution in [0.25, 0.3) is 0 Å². The second kappa shape index (κ2) is 6.74. The average molecular weight is 266 g/mol. The summed E-state index contributed by atoms with van der Waals surface area (Å²) in [6.07, 6.45) is 10.2. The van der Waals surface area contributed by atoms with Gasteiger partial charge in [0.25, 0.3) is 0 Å². The van der Waals surface area contributed by atoms with Gasteiger partial charge < -0.3 is 10.2 Å². The van der Waals surface area contributed by atoms with E-state index in [1.165, 1.54) is 44.9 Å². The predicted octanol–water partition coefficient (Wildman–Crippen LogP) is 2.95. The molecule has 2 rings (SSSR count). The van der Waals surface area contributed by atoms with Crippen LogP contribution in [0.5, 0.6) is 0 Å². The van der Waals surface area contributed by atoms with Gasteiger partial charge in [-0.3, -0.25) is 4.79 Å². The van der Waals surface area contributed by atoms with Crippen LogP contribution < -0.4 is 5.32 Å². The van der Waals surface area contributed by atoms with Gasteiger partial charge in [-0.25, -0.2) is 0 Å². The number of carbonyl (C=O) groups is 1. The fraction of sp³-hybridized carbons (Fsp3) is 0.938. The summed E-state index contributed by atoms with van der Waals surface area (Å²) >= 11 is 0. The number of hydrogen-bond acceptors (Lipinski definition) is 2. The monoisotopic (exact) mass is 266 g/mol. The van der Waals surface area contributed by atoms with Gasteiger partial charge in [-0.2, -0.15) is 0 Å². The van der Waals surface area contributed by atoms with E-state index in [0.717, 1.165) is 19.6 Å². The summed E-state index contributed by atoms with van der Waals surface area (Å²) in [5.74, 6) is 0.346. The highest BCUT2D eigenvalue weighted by Gasteiger charge is 2.36. The second-order valence-corrected chi connectivity index (χ2v) is 6.60. The Hall–Kier alpha value is -0.570. The molecule has 1 saturated carbocycles. The second-order valence-electron chi connectivity index (χ2n) is 6.60. The molecule has 0 radical (unpaired) electrons. The molecule has 1 spiro atoms. The third-order valence-electron chi connectivity index (χ3n) is 5.12. The van der Waals surface area contributed by atoms with Crippen LogP contribution >= 0.6 is 0 Å². The van der Waals surface area contributed by atoms with E-state index < -0.39 is 0 Å². The third kappa shape index (κ3) is 3.95. The van der Waals surface area contributed by atoms with E-state index in [2.05, 4.69) is 24.1 Å². The number of nitrogens with one attached hydrogen (secondary N) is 1. The van der Waals surface area contributed by atoms with Gasteiger partial charge in [0, 0.05) is 25.6 Å². The zero-order valence-electron chi connectivity index (χ0n) is 12.7. The minimum Gasteiger partial charge on any atom is -0.343 e. The maximum atomic E-state index is 12.2. The fourth-order valence-corrected chi connectivity index (χ4v) is 3.84. The first-order valence-corrected chi connectivity index (χ1v) is 8.16. The molecule has 1 atom stereocenters. The maximum absolute atomic E-state index is 12.2. The largest absolute Gasteiger partial charge is 0.343 e. The molecule has 110 valence electrons. The van der Waals surface area contributed by atoms with E-state index in [1.54, 1.807) is 0 Å². The summed E-state index contributed by atoms with van der Waals surface area (Å²) in [7, 11) is 0. The van der Waals surface area contributed by atoms with Crippen LogP contribution in [0.15, 0.2) is 0 Å². The van der Waals surface area contributed by atoms with Crippen molar-refractivity contribution in [2.45, 2.75) is 71.3 Å². The highest BCUT2D eigenvalue weighted by atomic mass is 16.2. The first-order valence-electron chi connectivity index (χ1n) is 8.16. The summed E-state index contributed by atoms with van der Waals surface area (Å²) in [6, 6.07) is 0.308. The molecule has 3 nitrogen and oxygen atoms in total. The molecule has 1 saturated heterocycles. The number of likely N-dealkylation sites (tertiary alicyclic amines) is 1. The Kier molecular flexibility index (Phi) is 5.26. The van der Waals surface area contributed by atoms with Gasteiger partial charge in [-0.15, -0.1) is 0 Å². The topological polar surface area (TPSA) is 32.3 Å². The van der Waals surface area contributed by atoms with Crippen LogP contribution in [0.1, 0.15) is 65.2 Å². The van der Waals surface area contributed by atoms with Crippen molar-refractivity contribution in [1.29, 1.82) is 0 Å². The lowest BCUT2D eigenvalue weighted by Crippen LogP contribution is -2.45. The number of amides is 1. The number of nitrogens with zero attached hydrogens (tertiary/aromatic N) is 1. The zero-order chi connectivity index (χ0) is 13.7. The normalized spacial score (nSPS) is 24.4. The molecular formula is C16H30N2O. The molecular weight excluding hydrogens is 236 g/mol. The fourth-order valence-electron chi connectivity index (χ4n) is 3.84. The molecule has 3 heteroatoms. The molecule has 0 bridgehead atoms. The Morgan fingerprint density at radius 1 is 1.16 bits per heavy atom. The molecule has 1 aliphatic carbocycles. The standard InChI is InChI=1S/C16H30N2O/c1-3-17-14(2)13-15(19)18-11-9-16(10-12-18)7-5-4-6-8-16/h14,17H,3-13H2,1-2H3. The Morgan fingerprint density at radius 3 is 2.37 bits per heavy atom. The van der Waals surface area contributed by atoms with Gasteiger partial charge in [0.05, 0.1) is 0 Å². The van der Waals surface area contributed by atoms with Crippen molar-refractivity contribution in [3.05, 3.63) is 0 Å². The minimum atomic E-state index is 0.308. The lowest BCUT2D eigenvalue weighted by Gasteiger charge is -2.44. The van der Waals surface area contributed by atoms with Gasteiger partial charge >= 0.3 is 0 Å². The van der Waals surface area contributed by atoms with Crippen molar-refractivity contribution in [2.75, 3.05) is 19.6 Å². The first kappa shape index (κ1) is 14.8. The number of rotatable bonds is 4. The van der Waals surface area contributed by atoms with Crippen LogP contribution in [-0.2, 0) is 4.79 Å². The van der Waals surface area contributed by atoms with Crippen molar-refractivity contribution in [1.82, 2.24) is 10.2 Å². The Bertz CT molecular complexity index is 287. The minimum absolute atomic E-state index is 0.308. The molecule has 0 aromatic carbocycles. The Morgan fingerprint density at radius 2 is 1.79 bits per heavy atom. The number of carbonyl (C=O) groups excluding carboxylic acids is 1. The van der Waals surface area contributed by atoms with Crippen molar-refractivity contribution in [3.63, 3.8) is 0 Å². The highest BCUT2D eigenvalue weighted by molar-refractivity contribution is 5.76. The van der Waals surface area contributed by atoms with Gasteiger partial charge in [-0.05, 0) is 44.6 Å². The molecule has 2 aliphatic rings. The van der Waals surface area contributed by atoms with Crippen molar-refractivity contribution >= 4 is 5.91 Å². The van der Waals surface area contributed by atoms with Crippen LogP contribution in [0.4, 0.5) is 0 Å². The van der Waals surface area contributed by atoms with Crippen LogP contribution in [0, 0.1) is 5.41 Å². The Balaban J connectivity index is 1.77. The summed E-state index contributed by atoms with van der Waals surface area (Å²) in [4.78, 5) is 14.3. The van der Waals surface area contributed by atoms with Crippen molar-refractivity contribution in [3.8, 4) is 0 Å². The third-order valence-corrected chi connectivity index (χ3v) is 5.12. The first-order chi connectivity index (χ1) is 9.15. The van der Waals surface area contributed by atoms with E-state index in [-0.39, 0.29) is 0 Å². The van der Waals surface area contributed by atoms with Gasteiger partial charge in [0.15, 0.2) is 0 Å². The number of hydrogen-bond donors (Lipinski definition) is 1. The molecule has 1 N–H and O–H groups in total. The Labute approximate surface area is 118 Å². The molecule has 1 heterocycles. The molecule has 1 unspecified atom stereocenters. The average Bonchev–Trinajstić information content (AvgIpc) is 2.40. The van der Waals surface area contributed by atoms with Gasteiger partial charge in [-0.1, -0.05) is 26.2 Å². The summed E-state index contributed by atoms with van der Waals surface area (Å²) in [6.45, 7) is 7.13. The van der Waals surface area contributed by atoms with Gasteiger partial charge in [0.1, 0.15) is 0 Å². The summed E-state index contributed by atoms with van der Waals surface area (Å²) in [5.41, 5.74) is 0.600. The van der Waals surface area contributed by atoms with Crippen molar-refractivity contribution in [2.24, 2.45) is 5.41 Å². The highest BCUT2D eigenvalue weighted by Crippen LogP contribution is 2.44. The van der Waals surface area contributed by atoms with Crippen LogP contribution in [0.2, 0.25) is 0 Å². The molecule has 0 aromatic rings. The van der Waals surface area contributed by atoms with E-state index in [4.69, 9.17) is 0 Å². The zero-order valence-corrected chi connectivity index (χ0v) is 12.7. The predicted molar refractivity (Wildman–Crippen MR) is 79.1 cm³/mol. The lowest BCUT2D eigenvalue weighted by molar-refractivity contribution is -0.134. The molecule has 1 amide bonds. The van der Waals surface area contributed by atoms with E-state index in [0.29, 0.717) is 23.8 Å². The van der Waals surface area contributed by atoms with Crippen LogP contribution in [0.3, 0.4) is 0 Å². The summed E-state index contributed by atoms with van der Waals surface area (Å²) in [5, 5.41) is 3.32. The van der Waals surface area contributed by atoms with Crippen LogP contribution in [-0.4, -0.2) is 36.5 Å². The maximum Gasteiger partial charge on any atom is 0.224 e. The summed E-state index contributed by atoms with van der Waals surface area (Å²) < 4.78 is 0. The molecule has 19 heavy (non-hydrogen) atoms. The SMILES string of the molecule is CCNC(C)CC(=O)N1CCC2(CCCCC2)CC1. The van der Waals surface area contributed by atoms with E-state index in [1.807, 2.05) is 0 Å².